The van der Waals surface area contributed by atoms with E-state index in [4.69, 9.17) is 0 Å². The summed E-state index contributed by atoms with van der Waals surface area (Å²) in [4.78, 5) is 4.02. The molecule has 3 aromatic rings. The van der Waals surface area contributed by atoms with E-state index in [0.717, 1.165) is 24.2 Å². The first-order valence-corrected chi connectivity index (χ1v) is 7.30. The van der Waals surface area contributed by atoms with E-state index < -0.39 is 0 Å². The van der Waals surface area contributed by atoms with Gasteiger partial charge in [-0.25, -0.2) is 4.98 Å². The van der Waals surface area contributed by atoms with Crippen LogP contribution in [0.5, 0.6) is 11.6 Å². The van der Waals surface area contributed by atoms with Crippen LogP contribution in [-0.4, -0.2) is 24.3 Å². The van der Waals surface area contributed by atoms with Crippen LogP contribution >= 0.6 is 0 Å². The van der Waals surface area contributed by atoms with Crippen LogP contribution in [0.1, 0.15) is 12.0 Å². The van der Waals surface area contributed by atoms with Crippen LogP contribution in [0.3, 0.4) is 0 Å². The quantitative estimate of drug-likeness (QED) is 0.760. The van der Waals surface area contributed by atoms with E-state index in [-0.39, 0.29) is 11.6 Å². The molecule has 0 aliphatic heterocycles. The highest BCUT2D eigenvalue weighted by Crippen LogP contribution is 2.40. The Morgan fingerprint density at radius 2 is 1.86 bits per heavy atom. The zero-order chi connectivity index (χ0) is 15.5. The molecule has 0 saturated carbocycles. The average Bonchev–Trinajstić information content (AvgIpc) is 3.12. The van der Waals surface area contributed by atoms with Gasteiger partial charge in [-0.15, -0.1) is 0 Å². The molecule has 0 fully saturated rings. The predicted octanol–water partition coefficient (Wildman–Crippen LogP) is 3.16. The van der Waals surface area contributed by atoms with Gasteiger partial charge in [0.05, 0.1) is 12.0 Å². The van der Waals surface area contributed by atoms with E-state index in [9.17, 15) is 10.2 Å². The molecule has 0 aliphatic rings. The Labute approximate surface area is 129 Å². The van der Waals surface area contributed by atoms with Crippen molar-refractivity contribution in [2.24, 2.45) is 0 Å². The molecule has 0 radical (unpaired) electrons. The second-order valence-electron chi connectivity index (χ2n) is 5.32. The van der Waals surface area contributed by atoms with E-state index in [1.807, 2.05) is 48.0 Å². The number of nitrogens with zero attached hydrogens (tertiary/aromatic N) is 3. The number of hydrogen-bond acceptors (Lipinski definition) is 3. The fourth-order valence-electron chi connectivity index (χ4n) is 2.73. The highest BCUT2D eigenvalue weighted by Gasteiger charge is 2.19. The SMILES string of the molecule is Cc1c(O)c(O)n(CCCn2ccnc2)c1-c1ccccc1. The lowest BCUT2D eigenvalue weighted by atomic mass is 10.1. The highest BCUT2D eigenvalue weighted by molar-refractivity contribution is 5.70. The predicted molar refractivity (Wildman–Crippen MR) is 84.8 cm³/mol. The molecule has 0 aliphatic carbocycles. The maximum absolute atomic E-state index is 10.2. The number of aromatic nitrogens is 3. The summed E-state index contributed by atoms with van der Waals surface area (Å²) in [6.07, 6.45) is 6.27. The minimum atomic E-state index is -0.0676. The molecular formula is C17H19N3O2. The zero-order valence-electron chi connectivity index (χ0n) is 12.5. The van der Waals surface area contributed by atoms with Crippen molar-refractivity contribution in [2.75, 3.05) is 0 Å². The molecule has 0 saturated heterocycles. The first-order valence-electron chi connectivity index (χ1n) is 7.30. The molecule has 0 bridgehead atoms. The van der Waals surface area contributed by atoms with Crippen molar-refractivity contribution in [3.8, 4) is 22.9 Å². The van der Waals surface area contributed by atoms with Gasteiger partial charge in [0.25, 0.3) is 0 Å². The van der Waals surface area contributed by atoms with Gasteiger partial charge < -0.3 is 19.3 Å². The third-order valence-corrected chi connectivity index (χ3v) is 3.85. The van der Waals surface area contributed by atoms with Gasteiger partial charge in [0.15, 0.2) is 5.75 Å². The first kappa shape index (κ1) is 14.3. The highest BCUT2D eigenvalue weighted by atomic mass is 16.3. The maximum Gasteiger partial charge on any atom is 0.235 e. The Morgan fingerprint density at radius 3 is 2.55 bits per heavy atom. The van der Waals surface area contributed by atoms with E-state index in [0.29, 0.717) is 12.1 Å². The van der Waals surface area contributed by atoms with Crippen LogP contribution in [0, 0.1) is 6.92 Å². The smallest absolute Gasteiger partial charge is 0.235 e. The van der Waals surface area contributed by atoms with Crippen molar-refractivity contribution in [3.05, 3.63) is 54.6 Å². The van der Waals surface area contributed by atoms with Crippen molar-refractivity contribution in [1.82, 2.24) is 14.1 Å². The lowest BCUT2D eigenvalue weighted by Gasteiger charge is -2.11. The monoisotopic (exact) mass is 297 g/mol. The second-order valence-corrected chi connectivity index (χ2v) is 5.32. The third-order valence-electron chi connectivity index (χ3n) is 3.85. The molecule has 1 aromatic carbocycles. The van der Waals surface area contributed by atoms with Crippen LogP contribution in [-0.2, 0) is 13.1 Å². The molecule has 22 heavy (non-hydrogen) atoms. The fraction of sp³-hybridized carbons (Fsp3) is 0.235. The summed E-state index contributed by atoms with van der Waals surface area (Å²) in [6.45, 7) is 3.26. The summed E-state index contributed by atoms with van der Waals surface area (Å²) in [5.41, 5.74) is 2.55. The van der Waals surface area contributed by atoms with E-state index in [1.165, 1.54) is 0 Å². The van der Waals surface area contributed by atoms with Gasteiger partial charge in [-0.3, -0.25) is 0 Å². The molecule has 2 N–H and O–H groups in total. The average molecular weight is 297 g/mol. The molecule has 2 aromatic heterocycles. The van der Waals surface area contributed by atoms with Gasteiger partial charge in [-0.05, 0) is 18.9 Å². The van der Waals surface area contributed by atoms with Crippen LogP contribution in [0.4, 0.5) is 0 Å². The summed E-state index contributed by atoms with van der Waals surface area (Å²) in [5.74, 6) is -0.108. The molecule has 0 spiro atoms. The molecule has 5 heteroatoms. The van der Waals surface area contributed by atoms with Crippen LogP contribution in [0.15, 0.2) is 49.1 Å². The third kappa shape index (κ3) is 2.57. The lowest BCUT2D eigenvalue weighted by Crippen LogP contribution is -2.04. The van der Waals surface area contributed by atoms with Gasteiger partial charge >= 0.3 is 0 Å². The summed E-state index contributed by atoms with van der Waals surface area (Å²) in [5, 5.41) is 20.3. The van der Waals surface area contributed by atoms with E-state index >= 15 is 0 Å². The molecule has 3 rings (SSSR count). The molecule has 0 amide bonds. The normalized spacial score (nSPS) is 11.0. The standard InChI is InChI=1S/C17H19N3O2/c1-13-15(14-6-3-2-4-7-14)20(17(22)16(13)21)10-5-9-19-11-8-18-12-19/h2-4,6-8,11-12,21-22H,5,9-10H2,1H3. The summed E-state index contributed by atoms with van der Waals surface area (Å²) in [7, 11) is 0. The minimum absolute atomic E-state index is 0.0403. The number of rotatable bonds is 5. The van der Waals surface area contributed by atoms with Gasteiger partial charge in [-0.2, -0.15) is 0 Å². The Kier molecular flexibility index (Phi) is 3.87. The minimum Gasteiger partial charge on any atom is -0.503 e. The molecule has 2 heterocycles. The molecule has 0 atom stereocenters. The number of benzene rings is 1. The number of aryl methyl sites for hydroxylation is 1. The molecule has 114 valence electrons. The second kappa shape index (κ2) is 5.97. The van der Waals surface area contributed by atoms with E-state index in [2.05, 4.69) is 4.98 Å². The zero-order valence-corrected chi connectivity index (χ0v) is 12.5. The van der Waals surface area contributed by atoms with Crippen molar-refractivity contribution < 1.29 is 10.2 Å². The van der Waals surface area contributed by atoms with Crippen molar-refractivity contribution in [2.45, 2.75) is 26.4 Å². The van der Waals surface area contributed by atoms with Crippen molar-refractivity contribution in [3.63, 3.8) is 0 Å². The van der Waals surface area contributed by atoms with Crippen molar-refractivity contribution >= 4 is 0 Å². The van der Waals surface area contributed by atoms with Gasteiger partial charge in [-0.1, -0.05) is 30.3 Å². The number of aromatic hydroxyl groups is 2. The summed E-state index contributed by atoms with van der Waals surface area (Å²) in [6, 6.07) is 9.81. The fourth-order valence-corrected chi connectivity index (χ4v) is 2.73. The Morgan fingerprint density at radius 1 is 1.09 bits per heavy atom. The van der Waals surface area contributed by atoms with Gasteiger partial charge in [0.1, 0.15) is 0 Å². The molecule has 0 unspecified atom stereocenters. The largest absolute Gasteiger partial charge is 0.503 e. The summed E-state index contributed by atoms with van der Waals surface area (Å²) < 4.78 is 3.77. The van der Waals surface area contributed by atoms with Crippen LogP contribution in [0.25, 0.3) is 11.3 Å². The summed E-state index contributed by atoms with van der Waals surface area (Å²) >= 11 is 0. The molecule has 5 nitrogen and oxygen atoms in total. The van der Waals surface area contributed by atoms with Crippen molar-refractivity contribution in [1.29, 1.82) is 0 Å². The topological polar surface area (TPSA) is 63.2 Å². The number of hydrogen-bond donors (Lipinski definition) is 2. The van der Waals surface area contributed by atoms with Crippen LogP contribution < -0.4 is 0 Å². The maximum atomic E-state index is 10.2. The van der Waals surface area contributed by atoms with Crippen LogP contribution in [0.2, 0.25) is 0 Å². The first-order chi connectivity index (χ1) is 10.7. The van der Waals surface area contributed by atoms with E-state index in [1.54, 1.807) is 17.1 Å². The Hall–Kier alpha value is -2.69. The lowest BCUT2D eigenvalue weighted by molar-refractivity contribution is 0.367. The van der Waals surface area contributed by atoms with Gasteiger partial charge in [0.2, 0.25) is 5.88 Å². The van der Waals surface area contributed by atoms with Gasteiger partial charge in [0, 0.05) is 31.0 Å². The Bertz CT molecular complexity index is 746. The Balaban J connectivity index is 1.88. The molecular weight excluding hydrogens is 278 g/mol. The number of imidazole rings is 1.